The van der Waals surface area contributed by atoms with Crippen molar-refractivity contribution in [2.45, 2.75) is 13.2 Å². The number of aromatic nitrogens is 1. The van der Waals surface area contributed by atoms with Crippen molar-refractivity contribution in [2.24, 2.45) is 0 Å². The molecule has 0 unspecified atom stereocenters. The highest BCUT2D eigenvalue weighted by Crippen LogP contribution is 2.22. The molecule has 2 aromatic carbocycles. The minimum atomic E-state index is -0.176. The van der Waals surface area contributed by atoms with Gasteiger partial charge in [0.2, 0.25) is 0 Å². The first kappa shape index (κ1) is 22.1. The van der Waals surface area contributed by atoms with Crippen molar-refractivity contribution in [3.63, 3.8) is 0 Å². The summed E-state index contributed by atoms with van der Waals surface area (Å²) >= 11 is 5.94. The highest BCUT2D eigenvalue weighted by Gasteiger charge is 2.19. The Kier molecular flexibility index (Phi) is 7.24. The summed E-state index contributed by atoms with van der Waals surface area (Å²) in [6.07, 6.45) is 1.80. The molecule has 1 amide bonds. The normalized spacial score (nSPS) is 14.2. The molecule has 1 N–H and O–H groups in total. The minimum Gasteiger partial charge on any atom is -0.488 e. The van der Waals surface area contributed by atoms with Crippen LogP contribution in [-0.2, 0) is 13.2 Å². The topological polar surface area (TPSA) is 57.7 Å². The van der Waals surface area contributed by atoms with Crippen molar-refractivity contribution >= 4 is 23.3 Å². The summed E-state index contributed by atoms with van der Waals surface area (Å²) in [7, 11) is 2.13. The fraction of sp³-hybridized carbons (Fsp3) is 0.280. The molecule has 0 spiro atoms. The summed E-state index contributed by atoms with van der Waals surface area (Å²) in [5, 5.41) is 3.72. The number of hydrogen-bond acceptors (Lipinski definition) is 5. The molecular formula is C25H27ClN4O2. The van der Waals surface area contributed by atoms with E-state index in [2.05, 4.69) is 27.1 Å². The van der Waals surface area contributed by atoms with Crippen LogP contribution in [0, 0.1) is 0 Å². The molecule has 166 valence electrons. The van der Waals surface area contributed by atoms with Crippen LogP contribution in [0.2, 0.25) is 5.02 Å². The lowest BCUT2D eigenvalue weighted by Gasteiger charge is -2.34. The zero-order valence-corrected chi connectivity index (χ0v) is 18.9. The number of benzene rings is 2. The third-order valence-electron chi connectivity index (χ3n) is 5.55. The van der Waals surface area contributed by atoms with E-state index in [1.54, 1.807) is 12.3 Å². The molecule has 6 nitrogen and oxygen atoms in total. The number of para-hydroxylation sites is 1. The van der Waals surface area contributed by atoms with Crippen LogP contribution in [0.25, 0.3) is 0 Å². The van der Waals surface area contributed by atoms with Crippen molar-refractivity contribution in [2.75, 3.05) is 38.1 Å². The highest BCUT2D eigenvalue weighted by molar-refractivity contribution is 6.30. The van der Waals surface area contributed by atoms with Gasteiger partial charge >= 0.3 is 0 Å². The van der Waals surface area contributed by atoms with Crippen LogP contribution >= 0.6 is 11.6 Å². The predicted octanol–water partition coefficient (Wildman–Crippen LogP) is 4.00. The largest absolute Gasteiger partial charge is 0.488 e. The average Bonchev–Trinajstić information content (AvgIpc) is 2.83. The molecule has 0 aliphatic carbocycles. The van der Waals surface area contributed by atoms with E-state index in [0.29, 0.717) is 29.5 Å². The maximum atomic E-state index is 13.0. The number of nitrogens with one attached hydrogen (secondary N) is 1. The fourth-order valence-electron chi connectivity index (χ4n) is 3.66. The van der Waals surface area contributed by atoms with Gasteiger partial charge in [0.05, 0.1) is 5.56 Å². The molecule has 0 saturated carbocycles. The number of hydrogen-bond donors (Lipinski definition) is 1. The average molecular weight is 451 g/mol. The molecule has 1 saturated heterocycles. The molecule has 32 heavy (non-hydrogen) atoms. The second kappa shape index (κ2) is 10.5. The van der Waals surface area contributed by atoms with E-state index in [4.69, 9.17) is 16.3 Å². The van der Waals surface area contributed by atoms with Gasteiger partial charge in [-0.15, -0.1) is 0 Å². The number of anilines is 1. The Morgan fingerprint density at radius 3 is 2.56 bits per heavy atom. The molecule has 0 bridgehead atoms. The quantitative estimate of drug-likeness (QED) is 0.589. The van der Waals surface area contributed by atoms with Gasteiger partial charge in [0.15, 0.2) is 0 Å². The third kappa shape index (κ3) is 5.58. The Morgan fingerprint density at radius 2 is 1.78 bits per heavy atom. The van der Waals surface area contributed by atoms with Gasteiger partial charge in [0.25, 0.3) is 5.91 Å². The van der Waals surface area contributed by atoms with Gasteiger partial charge in [0.1, 0.15) is 18.2 Å². The van der Waals surface area contributed by atoms with E-state index >= 15 is 0 Å². The summed E-state index contributed by atoms with van der Waals surface area (Å²) in [5.74, 6) is 1.31. The Balaban J connectivity index is 1.41. The first-order valence-corrected chi connectivity index (χ1v) is 11.1. The number of amides is 1. The maximum absolute atomic E-state index is 13.0. The number of pyridine rings is 1. The van der Waals surface area contributed by atoms with E-state index in [-0.39, 0.29) is 5.91 Å². The second-order valence-corrected chi connectivity index (χ2v) is 8.31. The Labute approximate surface area is 193 Å². The number of carbonyl (C=O) groups is 1. The summed E-state index contributed by atoms with van der Waals surface area (Å²) in [6, 6.07) is 18.7. The number of likely N-dealkylation sites (N-methyl/N-ethyl adjacent to an activating group) is 1. The van der Waals surface area contributed by atoms with Crippen LogP contribution in [-0.4, -0.2) is 49.0 Å². The molecular weight excluding hydrogens is 424 g/mol. The Hall–Kier alpha value is -3.09. The number of ether oxygens (including phenoxy) is 1. The van der Waals surface area contributed by atoms with Gasteiger partial charge in [0, 0.05) is 49.5 Å². The zero-order chi connectivity index (χ0) is 22.3. The monoisotopic (exact) mass is 450 g/mol. The molecule has 0 atom stereocenters. The zero-order valence-electron chi connectivity index (χ0n) is 18.1. The third-order valence-corrected chi connectivity index (χ3v) is 5.80. The van der Waals surface area contributed by atoms with Gasteiger partial charge in [-0.05, 0) is 42.9 Å². The van der Waals surface area contributed by atoms with Gasteiger partial charge in [-0.3, -0.25) is 4.79 Å². The standard InChI is InChI=1S/C25H27ClN4O2/c1-29-13-15-30(16-14-29)24-20(5-4-12-27-24)17-28-25(31)22-6-2-3-7-23(22)32-18-19-8-10-21(26)11-9-19/h2-12H,13-18H2,1H3,(H,28,31). The SMILES string of the molecule is CN1CCN(c2ncccc2CNC(=O)c2ccccc2OCc2ccc(Cl)cc2)CC1. The van der Waals surface area contributed by atoms with Crippen molar-refractivity contribution in [3.8, 4) is 5.75 Å². The van der Waals surface area contributed by atoms with Crippen LogP contribution < -0.4 is 15.0 Å². The molecule has 1 aliphatic heterocycles. The molecule has 0 radical (unpaired) electrons. The Bertz CT molecular complexity index is 1050. The summed E-state index contributed by atoms with van der Waals surface area (Å²) in [5.41, 5.74) is 2.49. The molecule has 3 aromatic rings. The molecule has 2 heterocycles. The van der Waals surface area contributed by atoms with Gasteiger partial charge in [-0.2, -0.15) is 0 Å². The summed E-state index contributed by atoms with van der Waals surface area (Å²) in [4.78, 5) is 22.2. The van der Waals surface area contributed by atoms with Crippen molar-refractivity contribution in [1.82, 2.24) is 15.2 Å². The first-order chi connectivity index (χ1) is 15.6. The van der Waals surface area contributed by atoms with E-state index in [1.165, 1.54) is 0 Å². The molecule has 4 rings (SSSR count). The molecule has 1 fully saturated rings. The van der Waals surface area contributed by atoms with Crippen LogP contribution in [0.4, 0.5) is 5.82 Å². The number of nitrogens with zero attached hydrogens (tertiary/aromatic N) is 3. The van der Waals surface area contributed by atoms with E-state index in [0.717, 1.165) is 43.1 Å². The first-order valence-electron chi connectivity index (χ1n) is 10.7. The van der Waals surface area contributed by atoms with E-state index < -0.39 is 0 Å². The maximum Gasteiger partial charge on any atom is 0.255 e. The lowest BCUT2D eigenvalue weighted by Crippen LogP contribution is -2.45. The number of rotatable bonds is 7. The summed E-state index contributed by atoms with van der Waals surface area (Å²) in [6.45, 7) is 4.62. The molecule has 1 aromatic heterocycles. The fourth-order valence-corrected chi connectivity index (χ4v) is 3.79. The second-order valence-electron chi connectivity index (χ2n) is 7.87. The van der Waals surface area contributed by atoms with Crippen molar-refractivity contribution < 1.29 is 9.53 Å². The minimum absolute atomic E-state index is 0.176. The van der Waals surface area contributed by atoms with Crippen molar-refractivity contribution in [3.05, 3.63) is 88.6 Å². The van der Waals surface area contributed by atoms with Gasteiger partial charge < -0.3 is 19.9 Å². The van der Waals surface area contributed by atoms with Gasteiger partial charge in [-0.1, -0.05) is 41.9 Å². The number of halogens is 1. The van der Waals surface area contributed by atoms with Gasteiger partial charge in [-0.25, -0.2) is 4.98 Å². The van der Waals surface area contributed by atoms with E-state index in [1.807, 2.05) is 54.6 Å². The number of carbonyl (C=O) groups excluding carboxylic acids is 1. The summed E-state index contributed by atoms with van der Waals surface area (Å²) < 4.78 is 5.94. The highest BCUT2D eigenvalue weighted by atomic mass is 35.5. The van der Waals surface area contributed by atoms with Crippen LogP contribution in [0.1, 0.15) is 21.5 Å². The van der Waals surface area contributed by atoms with Crippen LogP contribution in [0.15, 0.2) is 66.9 Å². The van der Waals surface area contributed by atoms with Crippen LogP contribution in [0.5, 0.6) is 5.75 Å². The van der Waals surface area contributed by atoms with Crippen molar-refractivity contribution in [1.29, 1.82) is 0 Å². The number of piperazine rings is 1. The lowest BCUT2D eigenvalue weighted by molar-refractivity contribution is 0.0946. The predicted molar refractivity (Wildman–Crippen MR) is 127 cm³/mol. The Morgan fingerprint density at radius 1 is 1.03 bits per heavy atom. The van der Waals surface area contributed by atoms with Crippen LogP contribution in [0.3, 0.4) is 0 Å². The molecule has 7 heteroatoms. The smallest absolute Gasteiger partial charge is 0.255 e. The van der Waals surface area contributed by atoms with E-state index in [9.17, 15) is 4.79 Å². The lowest BCUT2D eigenvalue weighted by atomic mass is 10.1. The molecule has 1 aliphatic rings.